The molecule has 0 heterocycles. The van der Waals surface area contributed by atoms with Gasteiger partial charge in [-0.15, -0.1) is 0 Å². The summed E-state index contributed by atoms with van der Waals surface area (Å²) >= 11 is 0. The minimum Gasteiger partial charge on any atom is -0.356 e. The SMILES string of the molecule is O=C(Cc1cccc(C(F)(F)F)c1)NCC1CC1. The fourth-order valence-corrected chi connectivity index (χ4v) is 1.69. The summed E-state index contributed by atoms with van der Waals surface area (Å²) in [6.07, 6.45) is -2.11. The summed E-state index contributed by atoms with van der Waals surface area (Å²) in [5.41, 5.74) is -0.326. The number of amides is 1. The first-order chi connectivity index (χ1) is 8.45. The summed E-state index contributed by atoms with van der Waals surface area (Å²) in [6.45, 7) is 0.637. The Morgan fingerprint density at radius 2 is 2.06 bits per heavy atom. The van der Waals surface area contributed by atoms with Crippen molar-refractivity contribution >= 4 is 5.91 Å². The van der Waals surface area contributed by atoms with Crippen LogP contribution in [0, 0.1) is 5.92 Å². The smallest absolute Gasteiger partial charge is 0.356 e. The molecule has 0 saturated heterocycles. The van der Waals surface area contributed by atoms with Crippen LogP contribution in [0.5, 0.6) is 0 Å². The van der Waals surface area contributed by atoms with Gasteiger partial charge in [0.1, 0.15) is 0 Å². The molecule has 1 aromatic carbocycles. The molecule has 0 radical (unpaired) electrons. The van der Waals surface area contributed by atoms with E-state index in [0.29, 0.717) is 18.0 Å². The molecule has 2 rings (SSSR count). The van der Waals surface area contributed by atoms with Crippen molar-refractivity contribution in [3.63, 3.8) is 0 Å². The van der Waals surface area contributed by atoms with E-state index < -0.39 is 11.7 Å². The van der Waals surface area contributed by atoms with Crippen LogP contribution in [0.4, 0.5) is 13.2 Å². The van der Waals surface area contributed by atoms with Crippen LogP contribution in [0.2, 0.25) is 0 Å². The quantitative estimate of drug-likeness (QED) is 0.883. The highest BCUT2D eigenvalue weighted by Crippen LogP contribution is 2.29. The highest BCUT2D eigenvalue weighted by molar-refractivity contribution is 5.78. The van der Waals surface area contributed by atoms with Crippen LogP contribution in [-0.2, 0) is 17.4 Å². The Labute approximate surface area is 103 Å². The molecule has 0 atom stereocenters. The number of benzene rings is 1. The van der Waals surface area contributed by atoms with Crippen molar-refractivity contribution in [2.75, 3.05) is 6.54 Å². The number of alkyl halides is 3. The Bertz CT molecular complexity index is 438. The van der Waals surface area contributed by atoms with Crippen LogP contribution < -0.4 is 5.32 Å². The fraction of sp³-hybridized carbons (Fsp3) is 0.462. The van der Waals surface area contributed by atoms with Crippen molar-refractivity contribution < 1.29 is 18.0 Å². The van der Waals surface area contributed by atoms with Gasteiger partial charge in [0.15, 0.2) is 0 Å². The van der Waals surface area contributed by atoms with Crippen LogP contribution in [0.1, 0.15) is 24.0 Å². The molecule has 1 aromatic rings. The molecule has 5 heteroatoms. The van der Waals surface area contributed by atoms with Gasteiger partial charge in [0.25, 0.3) is 0 Å². The molecule has 0 aliphatic heterocycles. The minimum atomic E-state index is -4.36. The first-order valence-electron chi connectivity index (χ1n) is 5.88. The van der Waals surface area contributed by atoms with E-state index in [1.165, 1.54) is 12.1 Å². The molecule has 0 bridgehead atoms. The van der Waals surface area contributed by atoms with Crippen molar-refractivity contribution in [1.82, 2.24) is 5.32 Å². The van der Waals surface area contributed by atoms with Gasteiger partial charge in [0, 0.05) is 6.54 Å². The van der Waals surface area contributed by atoms with Crippen molar-refractivity contribution in [2.45, 2.75) is 25.4 Å². The number of carbonyl (C=O) groups excluding carboxylic acids is 1. The molecule has 1 N–H and O–H groups in total. The van der Waals surface area contributed by atoms with Crippen molar-refractivity contribution in [1.29, 1.82) is 0 Å². The lowest BCUT2D eigenvalue weighted by Crippen LogP contribution is -2.27. The number of halogens is 3. The van der Waals surface area contributed by atoms with E-state index in [1.807, 2.05) is 0 Å². The second-order valence-electron chi connectivity index (χ2n) is 4.62. The number of rotatable bonds is 4. The normalized spacial score (nSPS) is 15.5. The van der Waals surface area contributed by atoms with Crippen molar-refractivity contribution in [3.8, 4) is 0 Å². The van der Waals surface area contributed by atoms with E-state index in [4.69, 9.17) is 0 Å². The van der Waals surface area contributed by atoms with E-state index in [2.05, 4.69) is 5.32 Å². The Hall–Kier alpha value is -1.52. The van der Waals surface area contributed by atoms with Gasteiger partial charge in [-0.05, 0) is 30.4 Å². The predicted molar refractivity (Wildman–Crippen MR) is 60.9 cm³/mol. The van der Waals surface area contributed by atoms with E-state index in [-0.39, 0.29) is 12.3 Å². The zero-order valence-corrected chi connectivity index (χ0v) is 9.76. The third kappa shape index (κ3) is 3.75. The van der Waals surface area contributed by atoms with Gasteiger partial charge in [-0.25, -0.2) is 0 Å². The predicted octanol–water partition coefficient (Wildman–Crippen LogP) is 2.77. The Morgan fingerprint density at radius 1 is 1.33 bits per heavy atom. The summed E-state index contributed by atoms with van der Waals surface area (Å²) in [7, 11) is 0. The van der Waals surface area contributed by atoms with Gasteiger partial charge in [0.05, 0.1) is 12.0 Å². The molecule has 1 aliphatic carbocycles. The summed E-state index contributed by atoms with van der Waals surface area (Å²) in [5.74, 6) is 0.344. The van der Waals surface area contributed by atoms with E-state index >= 15 is 0 Å². The van der Waals surface area contributed by atoms with Crippen LogP contribution >= 0.6 is 0 Å². The summed E-state index contributed by atoms with van der Waals surface area (Å²) in [6, 6.07) is 4.89. The molecule has 1 aliphatic rings. The Morgan fingerprint density at radius 3 is 2.67 bits per heavy atom. The lowest BCUT2D eigenvalue weighted by Gasteiger charge is -2.09. The van der Waals surface area contributed by atoms with Gasteiger partial charge in [-0.2, -0.15) is 13.2 Å². The first-order valence-corrected chi connectivity index (χ1v) is 5.88. The summed E-state index contributed by atoms with van der Waals surface area (Å²) in [5, 5.41) is 2.73. The average molecular weight is 257 g/mol. The Balaban J connectivity index is 1.93. The molecule has 18 heavy (non-hydrogen) atoms. The standard InChI is InChI=1S/C13H14F3NO/c14-13(15,16)11-3-1-2-10(6-11)7-12(18)17-8-9-4-5-9/h1-3,6,9H,4-5,7-8H2,(H,17,18). The first kappa shape index (κ1) is 12.9. The van der Waals surface area contributed by atoms with Gasteiger partial charge in [-0.3, -0.25) is 4.79 Å². The van der Waals surface area contributed by atoms with Gasteiger partial charge < -0.3 is 5.32 Å². The van der Waals surface area contributed by atoms with Crippen LogP contribution in [0.15, 0.2) is 24.3 Å². The number of nitrogens with one attached hydrogen (secondary N) is 1. The number of hydrogen-bond donors (Lipinski definition) is 1. The molecule has 1 saturated carbocycles. The molecule has 0 spiro atoms. The third-order valence-corrected chi connectivity index (χ3v) is 2.90. The largest absolute Gasteiger partial charge is 0.416 e. The summed E-state index contributed by atoms with van der Waals surface area (Å²) in [4.78, 5) is 11.5. The highest BCUT2D eigenvalue weighted by atomic mass is 19.4. The third-order valence-electron chi connectivity index (χ3n) is 2.90. The second kappa shape index (κ2) is 5.00. The molecule has 2 nitrogen and oxygen atoms in total. The molecular weight excluding hydrogens is 243 g/mol. The van der Waals surface area contributed by atoms with E-state index in [9.17, 15) is 18.0 Å². The van der Waals surface area contributed by atoms with E-state index in [0.717, 1.165) is 25.0 Å². The Kier molecular flexibility index (Phi) is 3.59. The molecule has 0 unspecified atom stereocenters. The number of carbonyl (C=O) groups is 1. The number of hydrogen-bond acceptors (Lipinski definition) is 1. The van der Waals surface area contributed by atoms with Gasteiger partial charge in [-0.1, -0.05) is 18.2 Å². The maximum atomic E-state index is 12.5. The molecule has 1 fully saturated rings. The minimum absolute atomic E-state index is 0.00333. The zero-order valence-electron chi connectivity index (χ0n) is 9.76. The molecule has 98 valence electrons. The van der Waals surface area contributed by atoms with Crippen LogP contribution in [0.25, 0.3) is 0 Å². The monoisotopic (exact) mass is 257 g/mol. The topological polar surface area (TPSA) is 29.1 Å². The molecule has 1 amide bonds. The van der Waals surface area contributed by atoms with Crippen molar-refractivity contribution in [3.05, 3.63) is 35.4 Å². The summed E-state index contributed by atoms with van der Waals surface area (Å²) < 4.78 is 37.4. The highest BCUT2D eigenvalue weighted by Gasteiger charge is 2.30. The van der Waals surface area contributed by atoms with Gasteiger partial charge >= 0.3 is 6.18 Å². The van der Waals surface area contributed by atoms with Crippen LogP contribution in [0.3, 0.4) is 0 Å². The van der Waals surface area contributed by atoms with E-state index in [1.54, 1.807) is 0 Å². The van der Waals surface area contributed by atoms with Crippen molar-refractivity contribution in [2.24, 2.45) is 5.92 Å². The zero-order chi connectivity index (χ0) is 13.2. The lowest BCUT2D eigenvalue weighted by atomic mass is 10.1. The molecular formula is C13H14F3NO. The average Bonchev–Trinajstić information content (AvgIpc) is 3.09. The maximum Gasteiger partial charge on any atom is 0.416 e. The van der Waals surface area contributed by atoms with Crippen LogP contribution in [-0.4, -0.2) is 12.5 Å². The molecule has 0 aromatic heterocycles. The van der Waals surface area contributed by atoms with Gasteiger partial charge in [0.2, 0.25) is 5.91 Å². The maximum absolute atomic E-state index is 12.5. The fourth-order valence-electron chi connectivity index (χ4n) is 1.69. The second-order valence-corrected chi connectivity index (χ2v) is 4.62. The lowest BCUT2D eigenvalue weighted by molar-refractivity contribution is -0.137.